The fraction of sp³-hybridized carbons (Fsp3) is 0.400. The third-order valence-electron chi connectivity index (χ3n) is 4.04. The van der Waals surface area contributed by atoms with Crippen molar-refractivity contribution in [3.63, 3.8) is 0 Å². The topological polar surface area (TPSA) is 73.5 Å². The molecule has 0 aliphatic carbocycles. The molecule has 3 rings (SSSR count). The standard InChI is InChI=1S/C15H19N3O3S/c1-2-22(20,21)18-9-7-17(8-10-18)15(19)14-11-12-5-3-4-6-13(12)16-14/h3-6,11,16H,2,7-10H2,1H3. The van der Waals surface area contributed by atoms with E-state index < -0.39 is 10.0 Å². The molecule has 118 valence electrons. The van der Waals surface area contributed by atoms with Crippen molar-refractivity contribution in [1.82, 2.24) is 14.2 Å². The predicted octanol–water partition coefficient (Wildman–Crippen LogP) is 1.28. The van der Waals surface area contributed by atoms with E-state index in [2.05, 4.69) is 4.98 Å². The number of nitrogens with zero attached hydrogens (tertiary/aromatic N) is 2. The Bertz CT molecular complexity index is 756. The van der Waals surface area contributed by atoms with Gasteiger partial charge in [-0.25, -0.2) is 8.42 Å². The Hall–Kier alpha value is -1.86. The second kappa shape index (κ2) is 5.73. The molecule has 1 aliphatic heterocycles. The van der Waals surface area contributed by atoms with Gasteiger partial charge in [-0.1, -0.05) is 18.2 Å². The first-order chi connectivity index (χ1) is 10.5. The van der Waals surface area contributed by atoms with E-state index in [4.69, 9.17) is 0 Å². The Morgan fingerprint density at radius 2 is 1.86 bits per heavy atom. The summed E-state index contributed by atoms with van der Waals surface area (Å²) in [7, 11) is -3.17. The van der Waals surface area contributed by atoms with E-state index in [9.17, 15) is 13.2 Å². The van der Waals surface area contributed by atoms with E-state index in [-0.39, 0.29) is 11.7 Å². The lowest BCUT2D eigenvalue weighted by Gasteiger charge is -2.33. The molecule has 0 saturated carbocycles. The van der Waals surface area contributed by atoms with Crippen LogP contribution in [0.15, 0.2) is 30.3 Å². The molecular weight excluding hydrogens is 302 g/mol. The van der Waals surface area contributed by atoms with Crippen molar-refractivity contribution in [3.05, 3.63) is 36.0 Å². The zero-order chi connectivity index (χ0) is 15.7. The molecule has 0 bridgehead atoms. The van der Waals surface area contributed by atoms with Crippen molar-refractivity contribution >= 4 is 26.8 Å². The van der Waals surface area contributed by atoms with Crippen molar-refractivity contribution in [2.45, 2.75) is 6.92 Å². The van der Waals surface area contributed by atoms with Crippen molar-refractivity contribution in [2.75, 3.05) is 31.9 Å². The molecule has 1 N–H and O–H groups in total. The Balaban J connectivity index is 1.72. The minimum atomic E-state index is -3.17. The van der Waals surface area contributed by atoms with E-state index in [0.29, 0.717) is 31.9 Å². The molecule has 1 aromatic heterocycles. The summed E-state index contributed by atoms with van der Waals surface area (Å²) in [6, 6.07) is 9.57. The fourth-order valence-corrected chi connectivity index (χ4v) is 3.80. The summed E-state index contributed by atoms with van der Waals surface area (Å²) in [5.41, 5.74) is 1.48. The maximum atomic E-state index is 12.5. The van der Waals surface area contributed by atoms with Crippen LogP contribution in [0.25, 0.3) is 10.9 Å². The minimum Gasteiger partial charge on any atom is -0.351 e. The number of carbonyl (C=O) groups is 1. The molecule has 1 aromatic carbocycles. The number of para-hydroxylation sites is 1. The molecule has 6 nitrogen and oxygen atoms in total. The molecule has 0 spiro atoms. The summed E-state index contributed by atoms with van der Waals surface area (Å²) < 4.78 is 25.1. The van der Waals surface area contributed by atoms with Crippen LogP contribution < -0.4 is 0 Å². The number of aromatic amines is 1. The predicted molar refractivity (Wildman–Crippen MR) is 85.2 cm³/mol. The van der Waals surface area contributed by atoms with Gasteiger partial charge in [0.05, 0.1) is 5.75 Å². The second-order valence-corrected chi connectivity index (χ2v) is 7.62. The number of hydrogen-bond donors (Lipinski definition) is 1. The van der Waals surface area contributed by atoms with Crippen molar-refractivity contribution in [2.24, 2.45) is 0 Å². The first-order valence-electron chi connectivity index (χ1n) is 7.36. The molecule has 1 saturated heterocycles. The van der Waals surface area contributed by atoms with Crippen molar-refractivity contribution in [3.8, 4) is 0 Å². The van der Waals surface area contributed by atoms with Gasteiger partial charge in [0.25, 0.3) is 5.91 Å². The van der Waals surface area contributed by atoms with Crippen LogP contribution in [-0.2, 0) is 10.0 Å². The average molecular weight is 321 g/mol. The lowest BCUT2D eigenvalue weighted by molar-refractivity contribution is 0.0693. The number of aromatic nitrogens is 1. The fourth-order valence-electron chi connectivity index (χ4n) is 2.71. The van der Waals surface area contributed by atoms with Crippen LogP contribution in [0.1, 0.15) is 17.4 Å². The van der Waals surface area contributed by atoms with Crippen LogP contribution in [0.5, 0.6) is 0 Å². The summed E-state index contributed by atoms with van der Waals surface area (Å²) in [4.78, 5) is 17.3. The Morgan fingerprint density at radius 1 is 1.18 bits per heavy atom. The van der Waals surface area contributed by atoms with E-state index in [1.54, 1.807) is 11.8 Å². The highest BCUT2D eigenvalue weighted by Crippen LogP contribution is 2.17. The molecule has 7 heteroatoms. The number of H-pyrrole nitrogens is 1. The van der Waals surface area contributed by atoms with Crippen LogP contribution >= 0.6 is 0 Å². The maximum Gasteiger partial charge on any atom is 0.270 e. The van der Waals surface area contributed by atoms with Gasteiger partial charge in [0.2, 0.25) is 10.0 Å². The van der Waals surface area contributed by atoms with Gasteiger partial charge < -0.3 is 9.88 Å². The lowest BCUT2D eigenvalue weighted by atomic mass is 10.2. The highest BCUT2D eigenvalue weighted by Gasteiger charge is 2.28. The summed E-state index contributed by atoms with van der Waals surface area (Å²) in [5.74, 6) is 0.0212. The normalized spacial score (nSPS) is 17.0. The summed E-state index contributed by atoms with van der Waals surface area (Å²) in [6.07, 6.45) is 0. The van der Waals surface area contributed by atoms with Crippen LogP contribution in [-0.4, -0.2) is 60.4 Å². The minimum absolute atomic E-state index is 0.0789. The van der Waals surface area contributed by atoms with Crippen LogP contribution in [0.4, 0.5) is 0 Å². The number of rotatable bonds is 3. The summed E-state index contributed by atoms with van der Waals surface area (Å²) in [5, 5.41) is 0.998. The van der Waals surface area contributed by atoms with Crippen molar-refractivity contribution in [1.29, 1.82) is 0 Å². The van der Waals surface area contributed by atoms with Gasteiger partial charge in [0, 0.05) is 37.1 Å². The first-order valence-corrected chi connectivity index (χ1v) is 8.97. The number of nitrogens with one attached hydrogen (secondary N) is 1. The number of fused-ring (bicyclic) bond motifs is 1. The van der Waals surface area contributed by atoms with Crippen molar-refractivity contribution < 1.29 is 13.2 Å². The number of sulfonamides is 1. The third-order valence-corrected chi connectivity index (χ3v) is 5.93. The van der Waals surface area contributed by atoms with Gasteiger partial charge in [-0.15, -0.1) is 0 Å². The van der Waals surface area contributed by atoms with Gasteiger partial charge in [-0.05, 0) is 19.1 Å². The molecule has 2 heterocycles. The van der Waals surface area contributed by atoms with E-state index in [0.717, 1.165) is 10.9 Å². The van der Waals surface area contributed by atoms with Gasteiger partial charge in [0.15, 0.2) is 0 Å². The Labute approximate surface area is 129 Å². The number of hydrogen-bond acceptors (Lipinski definition) is 3. The van der Waals surface area contributed by atoms with Gasteiger partial charge in [0.1, 0.15) is 5.69 Å². The Morgan fingerprint density at radius 3 is 2.50 bits per heavy atom. The van der Waals surface area contributed by atoms with Crippen LogP contribution in [0, 0.1) is 0 Å². The quantitative estimate of drug-likeness (QED) is 0.925. The highest BCUT2D eigenvalue weighted by atomic mass is 32.2. The molecule has 0 radical (unpaired) electrons. The zero-order valence-electron chi connectivity index (χ0n) is 12.4. The van der Waals surface area contributed by atoms with E-state index >= 15 is 0 Å². The van der Waals surface area contributed by atoms with Gasteiger partial charge >= 0.3 is 0 Å². The van der Waals surface area contributed by atoms with Gasteiger partial charge in [-0.3, -0.25) is 4.79 Å². The number of benzene rings is 1. The first kappa shape index (κ1) is 15.1. The molecule has 1 fully saturated rings. The molecule has 0 atom stereocenters. The molecule has 2 aromatic rings. The monoisotopic (exact) mass is 321 g/mol. The molecule has 1 amide bonds. The molecular formula is C15H19N3O3S. The molecule has 1 aliphatic rings. The second-order valence-electron chi connectivity index (χ2n) is 5.36. The lowest BCUT2D eigenvalue weighted by Crippen LogP contribution is -2.50. The number of carbonyl (C=O) groups excluding carboxylic acids is 1. The molecule has 22 heavy (non-hydrogen) atoms. The van der Waals surface area contributed by atoms with Crippen LogP contribution in [0.3, 0.4) is 0 Å². The van der Waals surface area contributed by atoms with E-state index in [1.807, 2.05) is 30.3 Å². The zero-order valence-corrected chi connectivity index (χ0v) is 13.3. The SMILES string of the molecule is CCS(=O)(=O)N1CCN(C(=O)c2cc3ccccc3[nH]2)CC1. The number of amides is 1. The maximum absolute atomic E-state index is 12.5. The van der Waals surface area contributed by atoms with Crippen LogP contribution in [0.2, 0.25) is 0 Å². The Kier molecular flexibility index (Phi) is 3.92. The van der Waals surface area contributed by atoms with E-state index in [1.165, 1.54) is 4.31 Å². The highest BCUT2D eigenvalue weighted by molar-refractivity contribution is 7.89. The van der Waals surface area contributed by atoms with Gasteiger partial charge in [-0.2, -0.15) is 4.31 Å². The summed E-state index contributed by atoms with van der Waals surface area (Å²) >= 11 is 0. The summed E-state index contributed by atoms with van der Waals surface area (Å²) in [6.45, 7) is 3.21. The smallest absolute Gasteiger partial charge is 0.270 e. The average Bonchev–Trinajstić information content (AvgIpc) is 2.98. The number of piperazine rings is 1. The largest absolute Gasteiger partial charge is 0.351 e. The molecule has 0 unspecified atom stereocenters. The third kappa shape index (κ3) is 2.74.